The number of benzene rings is 1. The number of fused-ring (bicyclic) bond motifs is 1. The standard InChI is InChI=1S/C17H17N3O/c1-3-20-16-7-5-4-6-14(16)15(19-20)9-17(21)13-8-12(2)10-18-11-13/h4-8,10-11H,3,9H2,1-2H3. The molecule has 3 rings (SSSR count). The van der Waals surface area contributed by atoms with Crippen molar-refractivity contribution in [2.45, 2.75) is 26.8 Å². The molecule has 0 spiro atoms. The molecular weight excluding hydrogens is 262 g/mol. The molecule has 2 heterocycles. The van der Waals surface area contributed by atoms with Gasteiger partial charge in [-0.1, -0.05) is 18.2 Å². The van der Waals surface area contributed by atoms with Crippen molar-refractivity contribution in [1.29, 1.82) is 0 Å². The predicted octanol–water partition coefficient (Wildman–Crippen LogP) is 3.19. The van der Waals surface area contributed by atoms with E-state index in [0.717, 1.165) is 28.7 Å². The van der Waals surface area contributed by atoms with Gasteiger partial charge in [0.15, 0.2) is 5.78 Å². The van der Waals surface area contributed by atoms with E-state index in [-0.39, 0.29) is 5.78 Å². The summed E-state index contributed by atoms with van der Waals surface area (Å²) < 4.78 is 1.94. The fourth-order valence-electron chi connectivity index (χ4n) is 2.53. The Balaban J connectivity index is 1.97. The molecule has 3 aromatic rings. The number of pyridine rings is 1. The molecule has 0 aliphatic carbocycles. The minimum absolute atomic E-state index is 0.0534. The highest BCUT2D eigenvalue weighted by Crippen LogP contribution is 2.20. The first-order valence-electron chi connectivity index (χ1n) is 7.08. The van der Waals surface area contributed by atoms with Crippen LogP contribution < -0.4 is 0 Å². The van der Waals surface area contributed by atoms with Crippen molar-refractivity contribution >= 4 is 16.7 Å². The number of para-hydroxylation sites is 1. The molecule has 0 bridgehead atoms. The van der Waals surface area contributed by atoms with Crippen LogP contribution in [0.4, 0.5) is 0 Å². The molecule has 0 saturated carbocycles. The van der Waals surface area contributed by atoms with Gasteiger partial charge in [-0.25, -0.2) is 0 Å². The van der Waals surface area contributed by atoms with Gasteiger partial charge in [-0.2, -0.15) is 5.10 Å². The van der Waals surface area contributed by atoms with Crippen LogP contribution in [0.25, 0.3) is 10.9 Å². The topological polar surface area (TPSA) is 47.8 Å². The van der Waals surface area contributed by atoms with Crippen LogP contribution in [0, 0.1) is 6.92 Å². The maximum absolute atomic E-state index is 12.4. The summed E-state index contributed by atoms with van der Waals surface area (Å²) in [4.78, 5) is 16.5. The van der Waals surface area contributed by atoms with E-state index >= 15 is 0 Å². The fraction of sp³-hybridized carbons (Fsp3) is 0.235. The lowest BCUT2D eigenvalue weighted by Gasteiger charge is -2.00. The summed E-state index contributed by atoms with van der Waals surface area (Å²) in [7, 11) is 0. The van der Waals surface area contributed by atoms with Crippen LogP contribution in [0.2, 0.25) is 0 Å². The number of carbonyl (C=O) groups is 1. The zero-order valence-electron chi connectivity index (χ0n) is 12.2. The number of aromatic nitrogens is 3. The number of hydrogen-bond donors (Lipinski definition) is 0. The minimum atomic E-state index is 0.0534. The van der Waals surface area contributed by atoms with Gasteiger partial charge in [-0.05, 0) is 31.5 Å². The normalized spacial score (nSPS) is 11.0. The van der Waals surface area contributed by atoms with Gasteiger partial charge in [-0.15, -0.1) is 0 Å². The lowest BCUT2D eigenvalue weighted by Crippen LogP contribution is -2.06. The first-order valence-corrected chi connectivity index (χ1v) is 7.08. The average Bonchev–Trinajstić information content (AvgIpc) is 2.85. The Hall–Kier alpha value is -2.49. The summed E-state index contributed by atoms with van der Waals surface area (Å²) in [6.45, 7) is 4.78. The Morgan fingerprint density at radius 3 is 2.81 bits per heavy atom. The van der Waals surface area contributed by atoms with E-state index in [9.17, 15) is 4.79 Å². The Labute approximate surface area is 123 Å². The third-order valence-electron chi connectivity index (χ3n) is 3.56. The summed E-state index contributed by atoms with van der Waals surface area (Å²) >= 11 is 0. The van der Waals surface area contributed by atoms with Crippen molar-refractivity contribution in [1.82, 2.24) is 14.8 Å². The number of carbonyl (C=O) groups excluding carboxylic acids is 1. The van der Waals surface area contributed by atoms with Crippen LogP contribution in [0.3, 0.4) is 0 Å². The molecule has 0 unspecified atom stereocenters. The van der Waals surface area contributed by atoms with Gasteiger partial charge in [-0.3, -0.25) is 14.5 Å². The van der Waals surface area contributed by atoms with E-state index in [1.54, 1.807) is 12.4 Å². The third kappa shape index (κ3) is 2.57. The van der Waals surface area contributed by atoms with E-state index in [0.29, 0.717) is 12.0 Å². The van der Waals surface area contributed by atoms with Crippen LogP contribution in [0.1, 0.15) is 28.5 Å². The second-order valence-electron chi connectivity index (χ2n) is 5.13. The summed E-state index contributed by atoms with van der Waals surface area (Å²) in [5.74, 6) is 0.0534. The fourth-order valence-corrected chi connectivity index (χ4v) is 2.53. The molecule has 1 aromatic carbocycles. The second-order valence-corrected chi connectivity index (χ2v) is 5.13. The first-order chi connectivity index (χ1) is 10.2. The Kier molecular flexibility index (Phi) is 3.52. The molecule has 4 nitrogen and oxygen atoms in total. The van der Waals surface area contributed by atoms with Gasteiger partial charge in [0.05, 0.1) is 17.6 Å². The zero-order chi connectivity index (χ0) is 14.8. The van der Waals surface area contributed by atoms with Crippen LogP contribution >= 0.6 is 0 Å². The molecule has 0 atom stereocenters. The smallest absolute Gasteiger partial charge is 0.170 e. The van der Waals surface area contributed by atoms with E-state index in [1.807, 2.05) is 41.9 Å². The number of ketones is 1. The second kappa shape index (κ2) is 5.48. The van der Waals surface area contributed by atoms with Gasteiger partial charge in [0.25, 0.3) is 0 Å². The predicted molar refractivity (Wildman–Crippen MR) is 82.4 cm³/mol. The van der Waals surface area contributed by atoms with Crippen molar-refractivity contribution in [3.05, 3.63) is 59.5 Å². The van der Waals surface area contributed by atoms with E-state index in [1.165, 1.54) is 0 Å². The molecule has 2 aromatic heterocycles. The highest BCUT2D eigenvalue weighted by molar-refractivity contribution is 5.99. The molecule has 0 aliphatic heterocycles. The molecule has 0 N–H and O–H groups in total. The van der Waals surface area contributed by atoms with Crippen LogP contribution in [-0.4, -0.2) is 20.5 Å². The van der Waals surface area contributed by atoms with Crippen LogP contribution in [0.15, 0.2) is 42.7 Å². The zero-order valence-corrected chi connectivity index (χ0v) is 12.2. The van der Waals surface area contributed by atoms with E-state index < -0.39 is 0 Å². The van der Waals surface area contributed by atoms with Crippen molar-refractivity contribution in [2.24, 2.45) is 0 Å². The number of Topliss-reactive ketones (excluding diaryl/α,β-unsaturated/α-hetero) is 1. The number of rotatable bonds is 4. The Bertz CT molecular complexity index is 805. The Morgan fingerprint density at radius 2 is 2.05 bits per heavy atom. The van der Waals surface area contributed by atoms with Gasteiger partial charge < -0.3 is 0 Å². The van der Waals surface area contributed by atoms with Crippen molar-refractivity contribution in [3.63, 3.8) is 0 Å². The molecule has 0 aliphatic rings. The van der Waals surface area contributed by atoms with Gasteiger partial charge in [0.2, 0.25) is 0 Å². The molecule has 106 valence electrons. The van der Waals surface area contributed by atoms with Gasteiger partial charge in [0.1, 0.15) is 0 Å². The lowest BCUT2D eigenvalue weighted by molar-refractivity contribution is 0.0991. The summed E-state index contributed by atoms with van der Waals surface area (Å²) in [5, 5.41) is 5.62. The number of aryl methyl sites for hydroxylation is 2. The SMILES string of the molecule is CCn1nc(CC(=O)c2cncc(C)c2)c2ccccc21. The highest BCUT2D eigenvalue weighted by atomic mass is 16.1. The van der Waals surface area contributed by atoms with Crippen LogP contribution in [0.5, 0.6) is 0 Å². The summed E-state index contributed by atoms with van der Waals surface area (Å²) in [5.41, 5.74) is 3.54. The highest BCUT2D eigenvalue weighted by Gasteiger charge is 2.14. The van der Waals surface area contributed by atoms with Gasteiger partial charge >= 0.3 is 0 Å². The molecule has 0 saturated heterocycles. The number of hydrogen-bond acceptors (Lipinski definition) is 3. The van der Waals surface area contributed by atoms with Crippen LogP contribution in [-0.2, 0) is 13.0 Å². The molecule has 21 heavy (non-hydrogen) atoms. The van der Waals surface area contributed by atoms with E-state index in [4.69, 9.17) is 0 Å². The number of nitrogens with zero attached hydrogens (tertiary/aromatic N) is 3. The molecule has 0 radical (unpaired) electrons. The van der Waals surface area contributed by atoms with Crippen molar-refractivity contribution in [2.75, 3.05) is 0 Å². The van der Waals surface area contributed by atoms with Crippen molar-refractivity contribution < 1.29 is 4.79 Å². The largest absolute Gasteiger partial charge is 0.294 e. The van der Waals surface area contributed by atoms with Crippen molar-refractivity contribution in [3.8, 4) is 0 Å². The monoisotopic (exact) mass is 279 g/mol. The molecule has 4 heteroatoms. The first kappa shape index (κ1) is 13.5. The summed E-state index contributed by atoms with van der Waals surface area (Å²) in [6, 6.07) is 9.90. The maximum atomic E-state index is 12.4. The maximum Gasteiger partial charge on any atom is 0.170 e. The van der Waals surface area contributed by atoms with Gasteiger partial charge in [0, 0.05) is 29.9 Å². The quantitative estimate of drug-likeness (QED) is 0.689. The Morgan fingerprint density at radius 1 is 1.24 bits per heavy atom. The summed E-state index contributed by atoms with van der Waals surface area (Å²) in [6.07, 6.45) is 3.67. The molecule has 0 amide bonds. The van der Waals surface area contributed by atoms with E-state index in [2.05, 4.69) is 17.0 Å². The molecular formula is C17H17N3O. The average molecular weight is 279 g/mol. The lowest BCUT2D eigenvalue weighted by atomic mass is 10.1. The minimum Gasteiger partial charge on any atom is -0.294 e. The third-order valence-corrected chi connectivity index (χ3v) is 3.56. The molecule has 0 fully saturated rings.